The minimum absolute atomic E-state index is 0.483. The number of fused-ring (bicyclic) bond motifs is 11. The molecule has 0 amide bonds. The molecule has 2 aliphatic rings. The van der Waals surface area contributed by atoms with Gasteiger partial charge in [-0.2, -0.15) is 9.97 Å². The molecule has 6 nitrogen and oxygen atoms in total. The number of furan rings is 1. The van der Waals surface area contributed by atoms with E-state index in [1.807, 2.05) is 84.9 Å². The second-order valence-corrected chi connectivity index (χ2v) is 13.1. The highest BCUT2D eigenvalue weighted by molar-refractivity contribution is 6.09. The summed E-state index contributed by atoms with van der Waals surface area (Å²) in [6.07, 6.45) is 0. The first kappa shape index (κ1) is 28.8. The molecule has 3 heterocycles. The Balaban J connectivity index is 1.29. The summed E-state index contributed by atoms with van der Waals surface area (Å²) in [7, 11) is 0. The van der Waals surface area contributed by atoms with Crippen LogP contribution in [-0.2, 0) is 5.54 Å². The SMILES string of the molecule is c1ccc(-c2nc(-c3cccc4c3oc3ccccc34)nc(N3c4ccccc4Oc4ccccc4C34c3ccccc3-c3ccccc34)n2)cc1. The molecule has 9 aromatic rings. The van der Waals surface area contributed by atoms with Crippen LogP contribution in [0.4, 0.5) is 11.6 Å². The smallest absolute Gasteiger partial charge is 0.235 e. The summed E-state index contributed by atoms with van der Waals surface area (Å²) in [5, 5.41) is 2.05. The lowest BCUT2D eigenvalue weighted by Crippen LogP contribution is -2.44. The Morgan fingerprint density at radius 3 is 1.85 bits per heavy atom. The third-order valence-electron chi connectivity index (χ3n) is 10.4. The molecule has 11 rings (SSSR count). The van der Waals surface area contributed by atoms with Crippen molar-refractivity contribution >= 4 is 33.6 Å². The van der Waals surface area contributed by atoms with Crippen molar-refractivity contribution in [3.63, 3.8) is 0 Å². The number of hydrogen-bond donors (Lipinski definition) is 0. The number of ether oxygens (including phenoxy) is 1. The third kappa shape index (κ3) is 3.97. The fourth-order valence-corrected chi connectivity index (χ4v) is 8.23. The Morgan fingerprint density at radius 1 is 0.442 bits per heavy atom. The lowest BCUT2D eigenvalue weighted by Gasteiger charge is -2.42. The van der Waals surface area contributed by atoms with Gasteiger partial charge in [0.05, 0.1) is 11.3 Å². The van der Waals surface area contributed by atoms with E-state index in [0.717, 1.165) is 72.3 Å². The van der Waals surface area contributed by atoms with E-state index in [1.165, 1.54) is 0 Å². The van der Waals surface area contributed by atoms with Crippen LogP contribution in [0.2, 0.25) is 0 Å². The molecule has 2 aromatic heterocycles. The lowest BCUT2D eigenvalue weighted by atomic mass is 9.78. The highest BCUT2D eigenvalue weighted by Crippen LogP contribution is 2.61. The van der Waals surface area contributed by atoms with E-state index in [-0.39, 0.29) is 0 Å². The largest absolute Gasteiger partial charge is 0.455 e. The number of para-hydroxylation sites is 5. The van der Waals surface area contributed by atoms with Crippen molar-refractivity contribution in [1.82, 2.24) is 15.0 Å². The molecule has 1 spiro atoms. The maximum absolute atomic E-state index is 6.86. The first-order valence-electron chi connectivity index (χ1n) is 17.4. The minimum Gasteiger partial charge on any atom is -0.455 e. The van der Waals surface area contributed by atoms with Gasteiger partial charge in [0.1, 0.15) is 22.5 Å². The molecule has 7 aromatic carbocycles. The van der Waals surface area contributed by atoms with Crippen LogP contribution in [0.15, 0.2) is 174 Å². The molecular weight excluding hydrogens is 641 g/mol. The zero-order valence-electron chi connectivity index (χ0n) is 27.8. The summed E-state index contributed by atoms with van der Waals surface area (Å²) in [6, 6.07) is 58.2. The van der Waals surface area contributed by atoms with Gasteiger partial charge in [-0.1, -0.05) is 140 Å². The topological polar surface area (TPSA) is 64.3 Å². The molecule has 6 heteroatoms. The summed E-state index contributed by atoms with van der Waals surface area (Å²) in [5.74, 6) is 3.03. The van der Waals surface area contributed by atoms with Crippen LogP contribution in [0, 0.1) is 0 Å². The molecule has 1 aliphatic carbocycles. The molecule has 0 saturated heterocycles. The zero-order valence-corrected chi connectivity index (χ0v) is 27.8. The third-order valence-corrected chi connectivity index (χ3v) is 10.4. The van der Waals surface area contributed by atoms with Gasteiger partial charge in [0, 0.05) is 21.9 Å². The van der Waals surface area contributed by atoms with Gasteiger partial charge in [0.2, 0.25) is 5.95 Å². The van der Waals surface area contributed by atoms with Crippen LogP contribution in [0.25, 0.3) is 55.8 Å². The molecule has 52 heavy (non-hydrogen) atoms. The van der Waals surface area contributed by atoms with Crippen LogP contribution in [-0.4, -0.2) is 15.0 Å². The zero-order chi connectivity index (χ0) is 34.2. The summed E-state index contributed by atoms with van der Waals surface area (Å²) in [4.78, 5) is 18.3. The second kappa shape index (κ2) is 11.0. The molecule has 0 N–H and O–H groups in total. The normalized spacial score (nSPS) is 13.7. The van der Waals surface area contributed by atoms with Crippen molar-refractivity contribution in [2.45, 2.75) is 5.54 Å². The van der Waals surface area contributed by atoms with Gasteiger partial charge in [-0.3, -0.25) is 4.90 Å². The van der Waals surface area contributed by atoms with E-state index < -0.39 is 5.54 Å². The standard InChI is InChI=1S/C46H28N4O2/c1-2-15-29(16-3-1)43-47-44(34-21-14-20-33-32-19-6-11-26-39(32)52-42(33)34)49-45(48-43)50-38-25-10-13-28-41(38)51-40-27-12-9-24-37(40)46(50)35-22-7-4-17-30(35)31-18-5-8-23-36(31)46/h1-28H. The molecule has 0 radical (unpaired) electrons. The van der Waals surface area contributed by atoms with Gasteiger partial charge in [-0.25, -0.2) is 4.98 Å². The predicted octanol–water partition coefficient (Wildman–Crippen LogP) is 11.3. The molecule has 0 bridgehead atoms. The van der Waals surface area contributed by atoms with E-state index in [9.17, 15) is 0 Å². The van der Waals surface area contributed by atoms with E-state index in [0.29, 0.717) is 23.3 Å². The van der Waals surface area contributed by atoms with Gasteiger partial charge in [-0.05, 0) is 52.6 Å². The summed E-state index contributed by atoms with van der Waals surface area (Å²) in [6.45, 7) is 0. The van der Waals surface area contributed by atoms with E-state index in [1.54, 1.807) is 0 Å². The Labute approximate surface area is 299 Å². The fraction of sp³-hybridized carbons (Fsp3) is 0.0217. The molecular formula is C46H28N4O2. The van der Waals surface area contributed by atoms with Crippen LogP contribution in [0.5, 0.6) is 11.5 Å². The molecule has 0 atom stereocenters. The van der Waals surface area contributed by atoms with Crippen LogP contribution < -0.4 is 9.64 Å². The van der Waals surface area contributed by atoms with E-state index >= 15 is 0 Å². The number of hydrogen-bond acceptors (Lipinski definition) is 6. The Morgan fingerprint density at radius 2 is 1.04 bits per heavy atom. The van der Waals surface area contributed by atoms with Crippen molar-refractivity contribution < 1.29 is 9.15 Å². The Kier molecular flexibility index (Phi) is 6.07. The van der Waals surface area contributed by atoms with Gasteiger partial charge < -0.3 is 9.15 Å². The van der Waals surface area contributed by atoms with Crippen LogP contribution in [0.3, 0.4) is 0 Å². The highest BCUT2D eigenvalue weighted by atomic mass is 16.5. The number of aromatic nitrogens is 3. The molecule has 1 aliphatic heterocycles. The average Bonchev–Trinajstić information content (AvgIpc) is 3.69. The van der Waals surface area contributed by atoms with Crippen LogP contribution >= 0.6 is 0 Å². The fourth-order valence-electron chi connectivity index (χ4n) is 8.23. The lowest BCUT2D eigenvalue weighted by molar-refractivity contribution is 0.480. The van der Waals surface area contributed by atoms with Gasteiger partial charge in [-0.15, -0.1) is 0 Å². The van der Waals surface area contributed by atoms with Crippen molar-refractivity contribution in [2.75, 3.05) is 4.90 Å². The summed E-state index contributed by atoms with van der Waals surface area (Å²) in [5.41, 5.74) is 8.68. The molecule has 0 fully saturated rings. The van der Waals surface area contributed by atoms with E-state index in [4.69, 9.17) is 24.1 Å². The first-order chi connectivity index (χ1) is 25.8. The van der Waals surface area contributed by atoms with Crippen molar-refractivity contribution in [3.8, 4) is 45.4 Å². The number of nitrogens with zero attached hydrogens (tertiary/aromatic N) is 4. The molecule has 0 unspecified atom stereocenters. The van der Waals surface area contributed by atoms with Gasteiger partial charge >= 0.3 is 0 Å². The first-order valence-corrected chi connectivity index (χ1v) is 17.4. The highest BCUT2D eigenvalue weighted by Gasteiger charge is 2.54. The van der Waals surface area contributed by atoms with Crippen molar-refractivity contribution in [3.05, 3.63) is 187 Å². The van der Waals surface area contributed by atoms with Gasteiger partial charge in [0.15, 0.2) is 17.4 Å². The number of anilines is 2. The summed E-state index contributed by atoms with van der Waals surface area (Å²) >= 11 is 0. The summed E-state index contributed by atoms with van der Waals surface area (Å²) < 4.78 is 13.4. The number of rotatable bonds is 3. The van der Waals surface area contributed by atoms with Crippen molar-refractivity contribution in [2.24, 2.45) is 0 Å². The molecule has 0 saturated carbocycles. The van der Waals surface area contributed by atoms with Gasteiger partial charge in [0.25, 0.3) is 0 Å². The Bertz CT molecular complexity index is 2820. The monoisotopic (exact) mass is 668 g/mol. The van der Waals surface area contributed by atoms with E-state index in [2.05, 4.69) is 89.8 Å². The quantitative estimate of drug-likeness (QED) is 0.187. The average molecular weight is 669 g/mol. The minimum atomic E-state index is -0.908. The van der Waals surface area contributed by atoms with Crippen molar-refractivity contribution in [1.29, 1.82) is 0 Å². The van der Waals surface area contributed by atoms with Crippen LogP contribution in [0.1, 0.15) is 16.7 Å². The maximum atomic E-state index is 6.86. The second-order valence-electron chi connectivity index (χ2n) is 13.1. The number of benzene rings is 7. The predicted molar refractivity (Wildman–Crippen MR) is 205 cm³/mol. The Hall–Kier alpha value is -7.05. The maximum Gasteiger partial charge on any atom is 0.235 e. The molecule has 244 valence electrons.